The van der Waals surface area contributed by atoms with Gasteiger partial charge in [-0.15, -0.1) is 24.8 Å². The van der Waals surface area contributed by atoms with Crippen LogP contribution in [0.2, 0.25) is 0 Å². The summed E-state index contributed by atoms with van der Waals surface area (Å²) in [6.07, 6.45) is 1.05. The second kappa shape index (κ2) is 6.99. The molecule has 2 nitrogen and oxygen atoms in total. The van der Waals surface area contributed by atoms with Crippen LogP contribution in [0.15, 0.2) is 24.5 Å². The van der Waals surface area contributed by atoms with E-state index in [2.05, 4.69) is 10.3 Å². The number of halogens is 4. The molecule has 0 bridgehead atoms. The standard InChI is InChI=1S/C10H12F2N2.2ClH/c11-10(12)9-6-14-5-8(9)7-1-3-13-4-2-7;;/h1-4,8-10,14H,5-6H2;2*1H. The molecule has 2 rings (SSSR count). The van der Waals surface area contributed by atoms with Gasteiger partial charge in [-0.1, -0.05) is 0 Å². The van der Waals surface area contributed by atoms with E-state index in [0.717, 1.165) is 5.56 Å². The number of pyridine rings is 1. The van der Waals surface area contributed by atoms with E-state index in [9.17, 15) is 8.78 Å². The van der Waals surface area contributed by atoms with Crippen LogP contribution in [0.25, 0.3) is 0 Å². The molecule has 0 saturated carbocycles. The van der Waals surface area contributed by atoms with Crippen molar-refractivity contribution < 1.29 is 8.78 Å². The Morgan fingerprint density at radius 3 is 2.38 bits per heavy atom. The van der Waals surface area contributed by atoms with Crippen LogP contribution in [0.1, 0.15) is 11.5 Å². The normalized spacial score (nSPS) is 23.7. The van der Waals surface area contributed by atoms with Crippen molar-refractivity contribution in [3.05, 3.63) is 30.1 Å². The van der Waals surface area contributed by atoms with Gasteiger partial charge in [-0.05, 0) is 17.7 Å². The fraction of sp³-hybridized carbons (Fsp3) is 0.500. The van der Waals surface area contributed by atoms with Crippen molar-refractivity contribution in [3.8, 4) is 0 Å². The summed E-state index contributed by atoms with van der Waals surface area (Å²) in [5, 5.41) is 3.00. The molecule has 0 spiro atoms. The molecular weight excluding hydrogens is 257 g/mol. The van der Waals surface area contributed by atoms with Gasteiger partial charge in [0.05, 0.1) is 0 Å². The molecule has 1 fully saturated rings. The lowest BCUT2D eigenvalue weighted by atomic mass is 9.90. The molecule has 1 aromatic rings. The summed E-state index contributed by atoms with van der Waals surface area (Å²) in [7, 11) is 0. The molecule has 16 heavy (non-hydrogen) atoms. The van der Waals surface area contributed by atoms with E-state index in [1.807, 2.05) is 12.1 Å². The Morgan fingerprint density at radius 1 is 1.19 bits per heavy atom. The molecule has 0 radical (unpaired) electrons. The fourth-order valence-electron chi connectivity index (χ4n) is 1.94. The minimum absolute atomic E-state index is 0. The van der Waals surface area contributed by atoms with E-state index >= 15 is 0 Å². The molecule has 6 heteroatoms. The lowest BCUT2D eigenvalue weighted by Gasteiger charge is -2.17. The van der Waals surface area contributed by atoms with E-state index in [4.69, 9.17) is 0 Å². The predicted octanol–water partition coefficient (Wildman–Crippen LogP) is 2.49. The first-order valence-corrected chi connectivity index (χ1v) is 4.68. The summed E-state index contributed by atoms with van der Waals surface area (Å²) >= 11 is 0. The Hall–Kier alpha value is -0.450. The maximum absolute atomic E-state index is 12.6. The van der Waals surface area contributed by atoms with Gasteiger partial charge in [-0.25, -0.2) is 8.78 Å². The molecule has 1 saturated heterocycles. The lowest BCUT2D eigenvalue weighted by Crippen LogP contribution is -2.19. The maximum Gasteiger partial charge on any atom is 0.243 e. The highest BCUT2D eigenvalue weighted by Crippen LogP contribution is 2.31. The van der Waals surface area contributed by atoms with Crippen molar-refractivity contribution in [2.24, 2.45) is 5.92 Å². The zero-order chi connectivity index (χ0) is 9.97. The quantitative estimate of drug-likeness (QED) is 0.894. The summed E-state index contributed by atoms with van der Waals surface area (Å²) in [5.41, 5.74) is 0.954. The molecule has 0 aromatic carbocycles. The zero-order valence-electron chi connectivity index (χ0n) is 8.48. The predicted molar refractivity (Wildman–Crippen MR) is 63.8 cm³/mol. The largest absolute Gasteiger partial charge is 0.316 e. The van der Waals surface area contributed by atoms with Gasteiger partial charge < -0.3 is 5.32 Å². The van der Waals surface area contributed by atoms with Crippen molar-refractivity contribution in [1.29, 1.82) is 0 Å². The zero-order valence-corrected chi connectivity index (χ0v) is 10.1. The van der Waals surface area contributed by atoms with Gasteiger partial charge in [0.1, 0.15) is 0 Å². The van der Waals surface area contributed by atoms with E-state index in [1.54, 1.807) is 12.4 Å². The highest BCUT2D eigenvalue weighted by Gasteiger charge is 2.34. The molecule has 0 aliphatic carbocycles. The van der Waals surface area contributed by atoms with Gasteiger partial charge >= 0.3 is 0 Å². The third-order valence-corrected chi connectivity index (χ3v) is 2.72. The smallest absolute Gasteiger partial charge is 0.243 e. The number of aromatic nitrogens is 1. The molecule has 1 aliphatic rings. The van der Waals surface area contributed by atoms with Gasteiger partial charge in [-0.2, -0.15) is 0 Å². The van der Waals surface area contributed by atoms with Crippen molar-refractivity contribution in [2.45, 2.75) is 12.3 Å². The van der Waals surface area contributed by atoms with Crippen LogP contribution in [-0.2, 0) is 0 Å². The maximum atomic E-state index is 12.6. The SMILES string of the molecule is Cl.Cl.FC(F)C1CNCC1c1ccncc1. The van der Waals surface area contributed by atoms with Crippen LogP contribution in [0, 0.1) is 5.92 Å². The van der Waals surface area contributed by atoms with Crippen molar-refractivity contribution >= 4 is 24.8 Å². The minimum atomic E-state index is -2.25. The van der Waals surface area contributed by atoms with E-state index in [0.29, 0.717) is 13.1 Å². The summed E-state index contributed by atoms with van der Waals surface area (Å²) in [6.45, 7) is 1.05. The Kier molecular flexibility index (Phi) is 6.79. The number of hydrogen-bond acceptors (Lipinski definition) is 2. The highest BCUT2D eigenvalue weighted by atomic mass is 35.5. The monoisotopic (exact) mass is 270 g/mol. The molecule has 2 heterocycles. The average molecular weight is 271 g/mol. The molecule has 1 aromatic heterocycles. The molecule has 1 N–H and O–H groups in total. The van der Waals surface area contributed by atoms with Gasteiger partial charge in [-0.3, -0.25) is 4.98 Å². The van der Waals surface area contributed by atoms with Crippen LogP contribution in [0.5, 0.6) is 0 Å². The number of nitrogens with one attached hydrogen (secondary N) is 1. The van der Waals surface area contributed by atoms with Crippen LogP contribution in [0.3, 0.4) is 0 Å². The summed E-state index contributed by atoms with van der Waals surface area (Å²) in [4.78, 5) is 3.88. The fourth-order valence-corrected chi connectivity index (χ4v) is 1.94. The number of rotatable bonds is 2. The van der Waals surface area contributed by atoms with Gasteiger partial charge in [0.25, 0.3) is 0 Å². The van der Waals surface area contributed by atoms with E-state index in [1.165, 1.54) is 0 Å². The number of alkyl halides is 2. The van der Waals surface area contributed by atoms with Gasteiger partial charge in [0, 0.05) is 37.3 Å². The summed E-state index contributed by atoms with van der Waals surface area (Å²) < 4.78 is 25.2. The van der Waals surface area contributed by atoms with Crippen molar-refractivity contribution in [2.75, 3.05) is 13.1 Å². The Morgan fingerprint density at radius 2 is 1.81 bits per heavy atom. The minimum Gasteiger partial charge on any atom is -0.316 e. The molecule has 1 aliphatic heterocycles. The second-order valence-corrected chi connectivity index (χ2v) is 3.54. The Balaban J connectivity index is 0.00000112. The first-order valence-electron chi connectivity index (χ1n) is 4.68. The summed E-state index contributed by atoms with van der Waals surface area (Å²) in [5.74, 6) is -0.629. The molecular formula is C10H14Cl2F2N2. The Bertz CT molecular complexity index is 298. The molecule has 2 atom stereocenters. The molecule has 0 amide bonds. The van der Waals surface area contributed by atoms with Crippen LogP contribution < -0.4 is 5.32 Å². The van der Waals surface area contributed by atoms with E-state index < -0.39 is 12.3 Å². The van der Waals surface area contributed by atoms with Gasteiger partial charge in [0.15, 0.2) is 0 Å². The van der Waals surface area contributed by atoms with Gasteiger partial charge in [0.2, 0.25) is 6.43 Å². The topological polar surface area (TPSA) is 24.9 Å². The Labute approximate surface area is 106 Å². The third-order valence-electron chi connectivity index (χ3n) is 2.72. The average Bonchev–Trinajstić information content (AvgIpc) is 2.67. The molecule has 92 valence electrons. The second-order valence-electron chi connectivity index (χ2n) is 3.54. The molecule has 2 unspecified atom stereocenters. The summed E-state index contributed by atoms with van der Waals surface area (Å²) in [6, 6.07) is 3.63. The third kappa shape index (κ3) is 3.27. The van der Waals surface area contributed by atoms with Crippen LogP contribution in [-0.4, -0.2) is 24.5 Å². The number of hydrogen-bond donors (Lipinski definition) is 1. The van der Waals surface area contributed by atoms with Crippen LogP contribution in [0.4, 0.5) is 8.78 Å². The van der Waals surface area contributed by atoms with Crippen LogP contribution >= 0.6 is 24.8 Å². The van der Waals surface area contributed by atoms with Crippen molar-refractivity contribution in [3.63, 3.8) is 0 Å². The first kappa shape index (κ1) is 15.6. The lowest BCUT2D eigenvalue weighted by molar-refractivity contribution is 0.0787. The number of nitrogens with zero attached hydrogens (tertiary/aromatic N) is 1. The highest BCUT2D eigenvalue weighted by molar-refractivity contribution is 5.85. The first-order chi connectivity index (χ1) is 6.79. The van der Waals surface area contributed by atoms with E-state index in [-0.39, 0.29) is 30.7 Å². The van der Waals surface area contributed by atoms with Crippen molar-refractivity contribution in [1.82, 2.24) is 10.3 Å².